The standard InChI is InChI=1S/C10H7ClF3N3O/c11-9-2-1-6(3-8(9)10(12,13)14)17-7(5-18)4-15-16-17/h1-4,18H,5H2. The van der Waals surface area contributed by atoms with Crippen molar-refractivity contribution >= 4 is 11.6 Å². The Morgan fingerprint density at radius 1 is 1.33 bits per heavy atom. The van der Waals surface area contributed by atoms with Crippen molar-refractivity contribution in [3.8, 4) is 5.69 Å². The first-order valence-corrected chi connectivity index (χ1v) is 5.19. The molecule has 2 aromatic rings. The lowest BCUT2D eigenvalue weighted by Gasteiger charge is -2.11. The second-order valence-corrected chi connectivity index (χ2v) is 3.86. The smallest absolute Gasteiger partial charge is 0.390 e. The summed E-state index contributed by atoms with van der Waals surface area (Å²) in [5.41, 5.74) is -0.542. The largest absolute Gasteiger partial charge is 0.417 e. The predicted molar refractivity (Wildman–Crippen MR) is 57.3 cm³/mol. The molecule has 0 unspecified atom stereocenters. The zero-order valence-corrected chi connectivity index (χ0v) is 9.57. The SMILES string of the molecule is OCc1cnnn1-c1ccc(Cl)c(C(F)(F)F)c1. The van der Waals surface area contributed by atoms with E-state index in [0.29, 0.717) is 0 Å². The molecule has 0 saturated heterocycles. The van der Waals surface area contributed by atoms with Crippen LogP contribution in [0.15, 0.2) is 24.4 Å². The third kappa shape index (κ3) is 2.32. The van der Waals surface area contributed by atoms with E-state index >= 15 is 0 Å². The van der Waals surface area contributed by atoms with Crippen molar-refractivity contribution in [2.24, 2.45) is 0 Å². The van der Waals surface area contributed by atoms with Gasteiger partial charge in [0, 0.05) is 0 Å². The van der Waals surface area contributed by atoms with Crippen molar-refractivity contribution in [2.75, 3.05) is 0 Å². The number of aliphatic hydroxyl groups is 1. The number of hydrogen-bond donors (Lipinski definition) is 1. The van der Waals surface area contributed by atoms with Gasteiger partial charge in [0.1, 0.15) is 0 Å². The molecule has 18 heavy (non-hydrogen) atoms. The molecule has 8 heteroatoms. The molecule has 0 spiro atoms. The first-order valence-electron chi connectivity index (χ1n) is 4.81. The van der Waals surface area contributed by atoms with Gasteiger partial charge in [-0.05, 0) is 18.2 Å². The van der Waals surface area contributed by atoms with E-state index in [2.05, 4.69) is 10.3 Å². The quantitative estimate of drug-likeness (QED) is 0.917. The predicted octanol–water partition coefficient (Wildman–Crippen LogP) is 2.43. The highest BCUT2D eigenvalue weighted by Gasteiger charge is 2.33. The molecule has 0 atom stereocenters. The Balaban J connectivity index is 2.54. The molecule has 0 fully saturated rings. The molecular weight excluding hydrogens is 271 g/mol. The Morgan fingerprint density at radius 3 is 2.67 bits per heavy atom. The van der Waals surface area contributed by atoms with Crippen molar-refractivity contribution in [3.05, 3.63) is 40.7 Å². The van der Waals surface area contributed by atoms with Gasteiger partial charge in [0.15, 0.2) is 0 Å². The fraction of sp³-hybridized carbons (Fsp3) is 0.200. The van der Waals surface area contributed by atoms with Gasteiger partial charge < -0.3 is 5.11 Å². The average molecular weight is 278 g/mol. The number of rotatable bonds is 2. The lowest BCUT2D eigenvalue weighted by atomic mass is 10.2. The highest BCUT2D eigenvalue weighted by atomic mass is 35.5. The van der Waals surface area contributed by atoms with Crippen molar-refractivity contribution in [2.45, 2.75) is 12.8 Å². The van der Waals surface area contributed by atoms with Gasteiger partial charge in [-0.15, -0.1) is 5.10 Å². The second-order valence-electron chi connectivity index (χ2n) is 3.46. The second kappa shape index (κ2) is 4.58. The van der Waals surface area contributed by atoms with E-state index in [4.69, 9.17) is 16.7 Å². The minimum Gasteiger partial charge on any atom is -0.390 e. The van der Waals surface area contributed by atoms with E-state index in [1.54, 1.807) is 0 Å². The molecule has 0 aliphatic rings. The van der Waals surface area contributed by atoms with E-state index in [0.717, 1.165) is 16.8 Å². The maximum atomic E-state index is 12.7. The zero-order chi connectivity index (χ0) is 13.3. The van der Waals surface area contributed by atoms with Crippen LogP contribution in [0.1, 0.15) is 11.3 Å². The van der Waals surface area contributed by atoms with E-state index in [9.17, 15) is 13.2 Å². The molecule has 0 bridgehead atoms. The fourth-order valence-corrected chi connectivity index (χ4v) is 1.67. The van der Waals surface area contributed by atoms with Crippen LogP contribution in [-0.2, 0) is 12.8 Å². The summed E-state index contributed by atoms with van der Waals surface area (Å²) in [7, 11) is 0. The first kappa shape index (κ1) is 12.8. The van der Waals surface area contributed by atoms with Crippen LogP contribution in [0, 0.1) is 0 Å². The molecule has 1 aromatic carbocycles. The van der Waals surface area contributed by atoms with Gasteiger partial charge in [0.25, 0.3) is 0 Å². The molecule has 96 valence electrons. The van der Waals surface area contributed by atoms with Crippen molar-refractivity contribution in [3.63, 3.8) is 0 Å². The van der Waals surface area contributed by atoms with Crippen molar-refractivity contribution in [1.29, 1.82) is 0 Å². The summed E-state index contributed by atoms with van der Waals surface area (Å²) in [6, 6.07) is 3.35. The van der Waals surface area contributed by atoms with Crippen molar-refractivity contribution in [1.82, 2.24) is 15.0 Å². The number of alkyl halides is 3. The van der Waals surface area contributed by atoms with Gasteiger partial charge in [-0.1, -0.05) is 16.8 Å². The third-order valence-corrected chi connectivity index (χ3v) is 2.61. The molecule has 0 aliphatic carbocycles. The molecule has 1 aromatic heterocycles. The molecule has 4 nitrogen and oxygen atoms in total. The molecule has 0 aliphatic heterocycles. The number of nitrogens with zero attached hydrogens (tertiary/aromatic N) is 3. The number of hydrogen-bond acceptors (Lipinski definition) is 3. The van der Waals surface area contributed by atoms with Crippen LogP contribution in [0.5, 0.6) is 0 Å². The topological polar surface area (TPSA) is 50.9 Å². The highest BCUT2D eigenvalue weighted by molar-refractivity contribution is 6.31. The van der Waals surface area contributed by atoms with E-state index in [1.165, 1.54) is 12.3 Å². The number of aromatic nitrogens is 3. The minimum atomic E-state index is -4.55. The Kier molecular flexibility index (Phi) is 3.27. The van der Waals surface area contributed by atoms with E-state index in [1.807, 2.05) is 0 Å². The summed E-state index contributed by atoms with van der Waals surface area (Å²) in [6.45, 7) is -0.378. The number of aliphatic hydroxyl groups excluding tert-OH is 1. The summed E-state index contributed by atoms with van der Waals surface area (Å²) < 4.78 is 39.1. The lowest BCUT2D eigenvalue weighted by molar-refractivity contribution is -0.137. The lowest BCUT2D eigenvalue weighted by Crippen LogP contribution is -2.09. The van der Waals surface area contributed by atoms with Crippen LogP contribution in [0.25, 0.3) is 5.69 Å². The Bertz CT molecular complexity index is 568. The molecule has 2 rings (SSSR count). The zero-order valence-electron chi connectivity index (χ0n) is 8.82. The van der Waals surface area contributed by atoms with Gasteiger partial charge in [-0.2, -0.15) is 13.2 Å². The Morgan fingerprint density at radius 2 is 2.06 bits per heavy atom. The molecule has 1 heterocycles. The number of benzene rings is 1. The minimum absolute atomic E-state index is 0.133. The Labute approximate surface area is 105 Å². The van der Waals surface area contributed by atoms with Crippen LogP contribution < -0.4 is 0 Å². The monoisotopic (exact) mass is 277 g/mol. The van der Waals surface area contributed by atoms with Gasteiger partial charge in [0.05, 0.1) is 34.8 Å². The van der Waals surface area contributed by atoms with Crippen LogP contribution in [0.2, 0.25) is 5.02 Å². The molecule has 0 radical (unpaired) electrons. The third-order valence-electron chi connectivity index (χ3n) is 2.28. The average Bonchev–Trinajstić information content (AvgIpc) is 2.76. The van der Waals surface area contributed by atoms with E-state index < -0.39 is 16.8 Å². The number of halogens is 4. The maximum Gasteiger partial charge on any atom is 0.417 e. The van der Waals surface area contributed by atoms with Gasteiger partial charge in [-0.25, -0.2) is 4.68 Å². The molecule has 0 saturated carbocycles. The van der Waals surface area contributed by atoms with Crippen LogP contribution >= 0.6 is 11.6 Å². The van der Waals surface area contributed by atoms with Gasteiger partial charge in [-0.3, -0.25) is 0 Å². The van der Waals surface area contributed by atoms with Crippen LogP contribution in [0.4, 0.5) is 13.2 Å². The maximum absolute atomic E-state index is 12.7. The first-order chi connectivity index (χ1) is 8.43. The molecule has 1 N–H and O–H groups in total. The summed E-state index contributed by atoms with van der Waals surface area (Å²) in [6.07, 6.45) is -3.28. The highest BCUT2D eigenvalue weighted by Crippen LogP contribution is 2.35. The van der Waals surface area contributed by atoms with Crippen molar-refractivity contribution < 1.29 is 18.3 Å². The fourth-order valence-electron chi connectivity index (χ4n) is 1.44. The Hall–Kier alpha value is -1.60. The van der Waals surface area contributed by atoms with Crippen LogP contribution in [-0.4, -0.2) is 20.1 Å². The summed E-state index contributed by atoms with van der Waals surface area (Å²) in [4.78, 5) is 0. The van der Waals surface area contributed by atoms with E-state index in [-0.39, 0.29) is 18.0 Å². The molecule has 0 amide bonds. The molecular formula is C10H7ClF3N3O. The van der Waals surface area contributed by atoms with Gasteiger partial charge >= 0.3 is 6.18 Å². The summed E-state index contributed by atoms with van der Waals surface area (Å²) >= 11 is 5.50. The summed E-state index contributed by atoms with van der Waals surface area (Å²) in [5, 5.41) is 15.7. The van der Waals surface area contributed by atoms with Gasteiger partial charge in [0.2, 0.25) is 0 Å². The summed E-state index contributed by atoms with van der Waals surface area (Å²) in [5.74, 6) is 0. The normalized spacial score (nSPS) is 11.8. The van der Waals surface area contributed by atoms with Crippen LogP contribution in [0.3, 0.4) is 0 Å².